The zero-order valence-electron chi connectivity index (χ0n) is 10.8. The first-order chi connectivity index (χ1) is 9.10. The summed E-state index contributed by atoms with van der Waals surface area (Å²) in [6.45, 7) is 4.09. The number of nitrogens with two attached hydrogens (primary N) is 1. The van der Waals surface area contributed by atoms with E-state index in [0.29, 0.717) is 0 Å². The van der Waals surface area contributed by atoms with Crippen LogP contribution in [0.2, 0.25) is 0 Å². The topological polar surface area (TPSA) is 51.8 Å². The van der Waals surface area contributed by atoms with Crippen molar-refractivity contribution >= 4 is 39.2 Å². The molecule has 2 aromatic rings. The number of benzene rings is 1. The van der Waals surface area contributed by atoms with Crippen molar-refractivity contribution in [3.05, 3.63) is 40.1 Å². The van der Waals surface area contributed by atoms with E-state index in [0.717, 1.165) is 21.1 Å². The summed E-state index contributed by atoms with van der Waals surface area (Å²) in [6.07, 6.45) is 0.873. The average Bonchev–Trinajstić information content (AvgIpc) is 2.85. The normalized spacial score (nSPS) is 14.3. The largest absolute Gasteiger partial charge is 0.327 e. The number of thioether (sulfide) groups is 1. The van der Waals surface area contributed by atoms with Gasteiger partial charge in [0.05, 0.1) is 5.25 Å². The van der Waals surface area contributed by atoms with Crippen LogP contribution in [0.3, 0.4) is 0 Å². The summed E-state index contributed by atoms with van der Waals surface area (Å²) < 4.78 is 6.38. The van der Waals surface area contributed by atoms with E-state index in [9.17, 15) is 0 Å². The molecule has 0 fully saturated rings. The zero-order valence-corrected chi connectivity index (χ0v) is 14.1. The minimum Gasteiger partial charge on any atom is -0.327 e. The summed E-state index contributed by atoms with van der Waals surface area (Å²) in [6, 6.07) is 8.35. The summed E-state index contributed by atoms with van der Waals surface area (Å²) in [5.41, 5.74) is 7.34. The summed E-state index contributed by atoms with van der Waals surface area (Å²) >= 11 is 6.60. The van der Waals surface area contributed by atoms with Gasteiger partial charge in [0.1, 0.15) is 5.82 Å². The van der Waals surface area contributed by atoms with Gasteiger partial charge < -0.3 is 5.73 Å². The number of aromatic nitrogens is 2. The lowest BCUT2D eigenvalue weighted by atomic mass is 10.1. The van der Waals surface area contributed by atoms with E-state index in [1.165, 1.54) is 17.1 Å². The van der Waals surface area contributed by atoms with E-state index in [1.807, 2.05) is 19.1 Å². The molecule has 19 heavy (non-hydrogen) atoms. The molecule has 3 nitrogen and oxygen atoms in total. The molecule has 2 rings (SSSR count). The second-order valence-corrected chi connectivity index (χ2v) is 7.34. The molecule has 0 radical (unpaired) electrons. The van der Waals surface area contributed by atoms with Gasteiger partial charge in [0.25, 0.3) is 0 Å². The molecule has 0 saturated heterocycles. The van der Waals surface area contributed by atoms with Gasteiger partial charge in [-0.15, -0.1) is 0 Å². The standard InChI is InChI=1S/C13H16BrN3S2/c1-3-11-16-13(19-17-11)18-12(8(2)15)9-4-6-10(14)7-5-9/h4-8,12H,3,15H2,1-2H3. The third kappa shape index (κ3) is 4.02. The van der Waals surface area contributed by atoms with Crippen LogP contribution in [0.15, 0.2) is 33.1 Å². The lowest BCUT2D eigenvalue weighted by Crippen LogP contribution is -2.22. The van der Waals surface area contributed by atoms with Crippen LogP contribution < -0.4 is 5.73 Å². The minimum atomic E-state index is 0.0557. The second kappa shape index (κ2) is 6.83. The molecule has 2 atom stereocenters. The van der Waals surface area contributed by atoms with Crippen LogP contribution in [0.25, 0.3) is 0 Å². The average molecular weight is 358 g/mol. The highest BCUT2D eigenvalue weighted by atomic mass is 79.9. The third-order valence-corrected chi connectivity index (χ3v) is 5.51. The molecule has 2 N–H and O–H groups in total. The Balaban J connectivity index is 2.18. The van der Waals surface area contributed by atoms with Crippen LogP contribution >= 0.6 is 39.2 Å². The van der Waals surface area contributed by atoms with Gasteiger partial charge in [0.2, 0.25) is 0 Å². The van der Waals surface area contributed by atoms with Crippen LogP contribution in [0.5, 0.6) is 0 Å². The fourth-order valence-electron chi connectivity index (χ4n) is 1.67. The van der Waals surface area contributed by atoms with Crippen molar-refractivity contribution in [2.75, 3.05) is 0 Å². The maximum absolute atomic E-state index is 6.12. The quantitative estimate of drug-likeness (QED) is 0.820. The first kappa shape index (κ1) is 15.0. The summed E-state index contributed by atoms with van der Waals surface area (Å²) in [4.78, 5) is 4.50. The van der Waals surface area contributed by atoms with Crippen LogP contribution in [-0.2, 0) is 6.42 Å². The number of hydrogen-bond donors (Lipinski definition) is 1. The van der Waals surface area contributed by atoms with Crippen molar-refractivity contribution in [1.29, 1.82) is 0 Å². The number of aryl methyl sites for hydroxylation is 1. The number of halogens is 1. The van der Waals surface area contributed by atoms with Gasteiger partial charge in [-0.25, -0.2) is 4.98 Å². The summed E-state index contributed by atoms with van der Waals surface area (Å²) in [5.74, 6) is 0.909. The maximum Gasteiger partial charge on any atom is 0.170 e. The third-order valence-electron chi connectivity index (χ3n) is 2.67. The zero-order chi connectivity index (χ0) is 13.8. The first-order valence-corrected chi connectivity index (χ1v) is 8.55. The molecule has 0 aliphatic heterocycles. The van der Waals surface area contributed by atoms with Gasteiger partial charge in [0, 0.05) is 16.9 Å². The molecule has 2 unspecified atom stereocenters. The predicted molar refractivity (Wildman–Crippen MR) is 85.7 cm³/mol. The molecule has 6 heteroatoms. The molecule has 0 spiro atoms. The summed E-state index contributed by atoms with van der Waals surface area (Å²) in [5, 5.41) is 0.200. The Kier molecular flexibility index (Phi) is 5.38. The van der Waals surface area contributed by atoms with Gasteiger partial charge in [-0.05, 0) is 36.2 Å². The van der Waals surface area contributed by atoms with Gasteiger partial charge in [-0.2, -0.15) is 4.37 Å². The van der Waals surface area contributed by atoms with E-state index >= 15 is 0 Å². The summed E-state index contributed by atoms with van der Waals surface area (Å²) in [7, 11) is 0. The fraction of sp³-hybridized carbons (Fsp3) is 0.385. The number of hydrogen-bond acceptors (Lipinski definition) is 5. The van der Waals surface area contributed by atoms with E-state index in [2.05, 4.69) is 44.3 Å². The number of nitrogens with zero attached hydrogens (tertiary/aromatic N) is 2. The van der Waals surface area contributed by atoms with E-state index in [1.54, 1.807) is 11.8 Å². The van der Waals surface area contributed by atoms with Gasteiger partial charge >= 0.3 is 0 Å². The van der Waals surface area contributed by atoms with Crippen molar-refractivity contribution in [2.45, 2.75) is 35.9 Å². The van der Waals surface area contributed by atoms with Crippen molar-refractivity contribution in [2.24, 2.45) is 5.73 Å². The number of rotatable bonds is 5. The van der Waals surface area contributed by atoms with E-state index in [4.69, 9.17) is 5.73 Å². The lowest BCUT2D eigenvalue weighted by Gasteiger charge is -2.19. The first-order valence-electron chi connectivity index (χ1n) is 6.10. The molecule has 0 bridgehead atoms. The highest BCUT2D eigenvalue weighted by Gasteiger charge is 2.19. The molecule has 1 aromatic carbocycles. The molecule has 102 valence electrons. The Morgan fingerprint density at radius 3 is 2.58 bits per heavy atom. The smallest absolute Gasteiger partial charge is 0.170 e. The van der Waals surface area contributed by atoms with E-state index in [-0.39, 0.29) is 11.3 Å². The Bertz CT molecular complexity index is 525. The van der Waals surface area contributed by atoms with Gasteiger partial charge in [0.15, 0.2) is 4.34 Å². The van der Waals surface area contributed by atoms with Crippen LogP contribution in [0.4, 0.5) is 0 Å². The fourth-order valence-corrected chi connectivity index (χ4v) is 3.91. The molecule has 0 aliphatic carbocycles. The minimum absolute atomic E-state index is 0.0557. The van der Waals surface area contributed by atoms with Crippen LogP contribution in [-0.4, -0.2) is 15.4 Å². The van der Waals surface area contributed by atoms with Crippen molar-refractivity contribution in [1.82, 2.24) is 9.36 Å². The molecule has 1 aromatic heterocycles. The highest BCUT2D eigenvalue weighted by Crippen LogP contribution is 2.38. The molecule has 0 amide bonds. The second-order valence-electron chi connectivity index (χ2n) is 4.28. The molecule has 0 aliphatic rings. The Hall–Kier alpha value is -0.430. The monoisotopic (exact) mass is 357 g/mol. The predicted octanol–water partition coefficient (Wildman–Crippen LogP) is 4.04. The van der Waals surface area contributed by atoms with E-state index < -0.39 is 0 Å². The molecule has 1 heterocycles. The maximum atomic E-state index is 6.12. The lowest BCUT2D eigenvalue weighted by molar-refractivity contribution is 0.721. The van der Waals surface area contributed by atoms with Crippen molar-refractivity contribution in [3.8, 4) is 0 Å². The van der Waals surface area contributed by atoms with Gasteiger partial charge in [-0.1, -0.05) is 46.7 Å². The van der Waals surface area contributed by atoms with Gasteiger partial charge in [-0.3, -0.25) is 0 Å². The van der Waals surface area contributed by atoms with Crippen LogP contribution in [0, 0.1) is 0 Å². The van der Waals surface area contributed by atoms with Crippen molar-refractivity contribution < 1.29 is 0 Å². The van der Waals surface area contributed by atoms with Crippen molar-refractivity contribution in [3.63, 3.8) is 0 Å². The molecule has 0 saturated carbocycles. The van der Waals surface area contributed by atoms with Crippen LogP contribution in [0.1, 0.15) is 30.5 Å². The highest BCUT2D eigenvalue weighted by molar-refractivity contribution is 9.10. The Morgan fingerprint density at radius 1 is 1.37 bits per heavy atom. The Labute approximate surface area is 130 Å². The molecular formula is C13H16BrN3S2. The SMILES string of the molecule is CCc1nsc(SC(c2ccc(Br)cc2)C(C)N)n1. The Morgan fingerprint density at radius 2 is 2.05 bits per heavy atom. The molecular weight excluding hydrogens is 342 g/mol.